The van der Waals surface area contributed by atoms with E-state index in [1.165, 1.54) is 6.92 Å². The fourth-order valence-electron chi connectivity index (χ4n) is 1.84. The van der Waals surface area contributed by atoms with Crippen molar-refractivity contribution in [2.75, 3.05) is 12.0 Å². The predicted octanol–water partition coefficient (Wildman–Crippen LogP) is 2.03. The third kappa shape index (κ3) is 13.6. The van der Waals surface area contributed by atoms with Gasteiger partial charge in [-0.05, 0) is 24.9 Å². The van der Waals surface area contributed by atoms with Crippen molar-refractivity contribution in [2.45, 2.75) is 64.8 Å². The molecule has 0 aromatic heterocycles. The molecular formula is C15H28NNaO4S. The van der Waals surface area contributed by atoms with E-state index in [-0.39, 0.29) is 41.9 Å². The van der Waals surface area contributed by atoms with Crippen molar-refractivity contribution in [3.05, 3.63) is 0 Å². The van der Waals surface area contributed by atoms with Crippen molar-refractivity contribution in [3.8, 4) is 0 Å². The first-order valence-corrected chi connectivity index (χ1v) is 8.91. The van der Waals surface area contributed by atoms with Crippen molar-refractivity contribution in [2.24, 2.45) is 0 Å². The van der Waals surface area contributed by atoms with Crippen LogP contribution in [0.1, 0.15) is 58.8 Å². The van der Waals surface area contributed by atoms with Gasteiger partial charge in [0.25, 0.3) is 0 Å². The number of nitrogens with one attached hydrogen (secondary N) is 1. The van der Waals surface area contributed by atoms with Crippen LogP contribution in [0.3, 0.4) is 0 Å². The number of carbonyl (C=O) groups excluding carboxylic acids is 3. The van der Waals surface area contributed by atoms with Gasteiger partial charge < -0.3 is 10.1 Å². The summed E-state index contributed by atoms with van der Waals surface area (Å²) in [4.78, 5) is 34.5. The summed E-state index contributed by atoms with van der Waals surface area (Å²) in [6.45, 7) is 3.47. The van der Waals surface area contributed by atoms with Crippen molar-refractivity contribution in [3.63, 3.8) is 0 Å². The van der Waals surface area contributed by atoms with Crippen molar-refractivity contribution < 1.29 is 19.1 Å². The van der Waals surface area contributed by atoms with Crippen LogP contribution < -0.4 is 5.32 Å². The Balaban J connectivity index is 0. The van der Waals surface area contributed by atoms with Crippen LogP contribution in [-0.4, -0.2) is 65.5 Å². The molecule has 0 aromatic carbocycles. The Labute approximate surface area is 160 Å². The maximum absolute atomic E-state index is 11.9. The molecule has 5 nitrogen and oxygen atoms in total. The van der Waals surface area contributed by atoms with E-state index < -0.39 is 18.0 Å². The summed E-state index contributed by atoms with van der Waals surface area (Å²) in [6, 6.07) is -0.737. The number of amides is 1. The van der Waals surface area contributed by atoms with E-state index >= 15 is 0 Å². The van der Waals surface area contributed by atoms with Gasteiger partial charge in [0, 0.05) is 13.3 Å². The van der Waals surface area contributed by atoms with Gasteiger partial charge in [0.2, 0.25) is 5.91 Å². The second kappa shape index (κ2) is 15.8. The normalized spacial score (nSPS) is 11.2. The molecule has 0 bridgehead atoms. The molecule has 0 fully saturated rings. The quantitative estimate of drug-likeness (QED) is 0.269. The summed E-state index contributed by atoms with van der Waals surface area (Å²) < 4.78 is 4.82. The minimum atomic E-state index is -0.737. The molecule has 1 atom stereocenters. The molecule has 0 heterocycles. The van der Waals surface area contributed by atoms with E-state index in [0.717, 1.165) is 32.1 Å². The molecule has 0 rings (SSSR count). The summed E-state index contributed by atoms with van der Waals surface area (Å²) in [6.07, 6.45) is 7.75. The van der Waals surface area contributed by atoms with E-state index in [2.05, 4.69) is 12.2 Å². The summed E-state index contributed by atoms with van der Waals surface area (Å²) in [7, 11) is 0. The summed E-state index contributed by atoms with van der Waals surface area (Å²) in [5.74, 6) is -0.746. The van der Waals surface area contributed by atoms with Gasteiger partial charge in [-0.1, -0.05) is 32.6 Å². The molecule has 0 unspecified atom stereocenters. The van der Waals surface area contributed by atoms with Crippen LogP contribution in [0.15, 0.2) is 0 Å². The molecule has 0 aromatic rings. The summed E-state index contributed by atoms with van der Waals surface area (Å²) in [5, 5.41) is 2.52. The van der Waals surface area contributed by atoms with Crippen molar-refractivity contribution >= 4 is 59.2 Å². The Bertz CT molecular complexity index is 340. The Hall–Kier alpha value is -0.0400. The van der Waals surface area contributed by atoms with Crippen LogP contribution >= 0.6 is 11.8 Å². The van der Waals surface area contributed by atoms with Gasteiger partial charge in [0.05, 0.1) is 0 Å². The molecule has 1 N–H and O–H groups in total. The zero-order valence-electron chi connectivity index (χ0n) is 13.3. The predicted molar refractivity (Wildman–Crippen MR) is 92.2 cm³/mol. The Morgan fingerprint density at radius 2 is 1.77 bits per heavy atom. The standard InChI is InChI=1S/C15H27NO4S.Na.H/c1-4-5-6-7-8-9-14(18)20-15(19)13(10-11-21-3)16-12(2)17;;/h13H,4-11H2,1-3H3,(H,16,17);;/t13-;;/m0../s1. The number of esters is 2. The van der Waals surface area contributed by atoms with E-state index in [0.29, 0.717) is 12.2 Å². The van der Waals surface area contributed by atoms with Crippen LogP contribution in [0.2, 0.25) is 0 Å². The van der Waals surface area contributed by atoms with Crippen molar-refractivity contribution in [1.82, 2.24) is 5.32 Å². The van der Waals surface area contributed by atoms with Gasteiger partial charge in [-0.3, -0.25) is 9.59 Å². The van der Waals surface area contributed by atoms with Gasteiger partial charge in [0.15, 0.2) is 0 Å². The second-order valence-corrected chi connectivity index (χ2v) is 5.98. The summed E-state index contributed by atoms with van der Waals surface area (Å²) >= 11 is 1.57. The van der Waals surface area contributed by atoms with Crippen molar-refractivity contribution in [1.29, 1.82) is 0 Å². The fraction of sp³-hybridized carbons (Fsp3) is 0.800. The second-order valence-electron chi connectivity index (χ2n) is 4.99. The average Bonchev–Trinajstić information content (AvgIpc) is 2.42. The third-order valence-electron chi connectivity index (χ3n) is 2.97. The molecular weight excluding hydrogens is 313 g/mol. The molecule has 22 heavy (non-hydrogen) atoms. The van der Waals surface area contributed by atoms with Crippen LogP contribution in [0.5, 0.6) is 0 Å². The number of unbranched alkanes of at least 4 members (excludes halogenated alkanes) is 4. The van der Waals surface area contributed by atoms with Gasteiger partial charge in [-0.2, -0.15) is 11.8 Å². The van der Waals surface area contributed by atoms with Gasteiger partial charge in [-0.25, -0.2) is 4.79 Å². The zero-order chi connectivity index (χ0) is 16.1. The molecule has 0 spiro atoms. The molecule has 1 amide bonds. The molecule has 7 heteroatoms. The number of ether oxygens (including phenoxy) is 1. The number of hydrogen-bond acceptors (Lipinski definition) is 5. The van der Waals surface area contributed by atoms with Gasteiger partial charge in [-0.15, -0.1) is 0 Å². The average molecular weight is 341 g/mol. The van der Waals surface area contributed by atoms with Crippen LogP contribution in [0.25, 0.3) is 0 Å². The molecule has 124 valence electrons. The van der Waals surface area contributed by atoms with Crippen LogP contribution in [0, 0.1) is 0 Å². The van der Waals surface area contributed by atoms with E-state index in [1.54, 1.807) is 11.8 Å². The Kier molecular flexibility index (Phi) is 17.4. The first kappa shape index (κ1) is 24.2. The van der Waals surface area contributed by atoms with E-state index in [4.69, 9.17) is 4.74 Å². The fourth-order valence-corrected chi connectivity index (χ4v) is 2.31. The van der Waals surface area contributed by atoms with Crippen LogP contribution in [-0.2, 0) is 19.1 Å². The minimum absolute atomic E-state index is 0. The van der Waals surface area contributed by atoms with E-state index in [1.807, 2.05) is 6.26 Å². The number of hydrogen-bond donors (Lipinski definition) is 1. The first-order chi connectivity index (χ1) is 10.0. The zero-order valence-corrected chi connectivity index (χ0v) is 14.1. The molecule has 0 aliphatic heterocycles. The third-order valence-corrected chi connectivity index (χ3v) is 3.62. The van der Waals surface area contributed by atoms with Crippen LogP contribution in [0.4, 0.5) is 0 Å². The molecule has 0 saturated heterocycles. The molecule has 0 aliphatic carbocycles. The first-order valence-electron chi connectivity index (χ1n) is 7.51. The summed E-state index contributed by atoms with van der Waals surface area (Å²) in [5.41, 5.74) is 0. The number of rotatable bonds is 11. The monoisotopic (exact) mass is 341 g/mol. The molecule has 0 radical (unpaired) electrons. The maximum atomic E-state index is 11.9. The topological polar surface area (TPSA) is 72.5 Å². The number of carbonyl (C=O) groups is 3. The van der Waals surface area contributed by atoms with E-state index in [9.17, 15) is 14.4 Å². The Morgan fingerprint density at radius 3 is 2.32 bits per heavy atom. The molecule has 0 aliphatic rings. The van der Waals surface area contributed by atoms with Gasteiger partial charge in [0.1, 0.15) is 6.04 Å². The van der Waals surface area contributed by atoms with Gasteiger partial charge >= 0.3 is 41.5 Å². The Morgan fingerprint density at radius 1 is 1.14 bits per heavy atom. The molecule has 0 saturated carbocycles. The number of thioether (sulfide) groups is 1. The SMILES string of the molecule is CCCCCCCC(=O)OC(=O)[C@H](CCSC)NC(C)=O.[NaH].